The maximum Gasteiger partial charge on any atom is 0.160 e. The lowest BCUT2D eigenvalue weighted by molar-refractivity contribution is 1.24. The van der Waals surface area contributed by atoms with Crippen LogP contribution in [-0.4, -0.2) is 9.97 Å². The van der Waals surface area contributed by atoms with Gasteiger partial charge in [0.25, 0.3) is 0 Å². The van der Waals surface area contributed by atoms with Crippen molar-refractivity contribution >= 4 is 42.4 Å². The molecule has 0 radical (unpaired) electrons. The Morgan fingerprint density at radius 3 is 1.45 bits per heavy atom. The van der Waals surface area contributed by atoms with Crippen molar-refractivity contribution in [2.75, 3.05) is 0 Å². The number of thiophene rings is 1. The van der Waals surface area contributed by atoms with Gasteiger partial charge in [-0.1, -0.05) is 158 Å². The van der Waals surface area contributed by atoms with Crippen molar-refractivity contribution < 1.29 is 0 Å². The highest BCUT2D eigenvalue weighted by Crippen LogP contribution is 2.43. The maximum atomic E-state index is 5.35. The topological polar surface area (TPSA) is 25.8 Å². The van der Waals surface area contributed by atoms with Gasteiger partial charge in [0.1, 0.15) is 0 Å². The van der Waals surface area contributed by atoms with Crippen LogP contribution in [0.25, 0.3) is 98.2 Å². The lowest BCUT2D eigenvalue weighted by Crippen LogP contribution is -1.94. The second-order valence-corrected chi connectivity index (χ2v) is 14.4. The van der Waals surface area contributed by atoms with Gasteiger partial charge >= 0.3 is 0 Å². The molecule has 0 aliphatic heterocycles. The largest absolute Gasteiger partial charge is 0.226 e. The monoisotopic (exact) mass is 692 g/mol. The van der Waals surface area contributed by atoms with E-state index in [0.717, 1.165) is 44.0 Å². The van der Waals surface area contributed by atoms with Gasteiger partial charge in [-0.15, -0.1) is 11.3 Å². The van der Waals surface area contributed by atoms with E-state index >= 15 is 0 Å². The molecular weight excluding hydrogens is 661 g/mol. The van der Waals surface area contributed by atoms with E-state index in [9.17, 15) is 0 Å². The zero-order chi connectivity index (χ0) is 35.1. The summed E-state index contributed by atoms with van der Waals surface area (Å²) in [5.41, 5.74) is 13.5. The fourth-order valence-corrected chi connectivity index (χ4v) is 8.60. The third kappa shape index (κ3) is 5.78. The number of rotatable bonds is 6. The van der Waals surface area contributed by atoms with Crippen molar-refractivity contribution in [3.8, 4) is 67.2 Å². The predicted octanol–water partition coefficient (Wildman–Crippen LogP) is 14.0. The van der Waals surface area contributed by atoms with Crippen LogP contribution in [0.5, 0.6) is 0 Å². The van der Waals surface area contributed by atoms with Gasteiger partial charge in [0.05, 0.1) is 15.9 Å². The molecule has 8 aromatic carbocycles. The SMILES string of the molecule is c1ccc(-c2cc(-c3ccccc3)cc(-c3cccc(-c4cccc(-c5nc(-c6ccccc6)c6sc7ccc8ccccc8c7c6n5)c4)c3)c2)cc1. The minimum Gasteiger partial charge on any atom is -0.226 e. The quantitative estimate of drug-likeness (QED) is 0.173. The van der Waals surface area contributed by atoms with Crippen molar-refractivity contribution in [2.45, 2.75) is 0 Å². The molecule has 53 heavy (non-hydrogen) atoms. The lowest BCUT2D eigenvalue weighted by Gasteiger charge is -2.13. The number of nitrogens with zero attached hydrogens (tertiary/aromatic N) is 2. The zero-order valence-electron chi connectivity index (χ0n) is 28.8. The van der Waals surface area contributed by atoms with Gasteiger partial charge in [0.15, 0.2) is 5.82 Å². The van der Waals surface area contributed by atoms with E-state index in [1.807, 2.05) is 0 Å². The first-order chi connectivity index (χ1) is 26.2. The molecule has 0 aliphatic carbocycles. The van der Waals surface area contributed by atoms with Gasteiger partial charge in [-0.05, 0) is 91.7 Å². The standard InChI is InChI=1S/C50H32N2S/c1-4-14-33(15-5-1)41-30-42(34-16-6-2-7-17-34)32-43(31-41)39-23-12-21-37(28-39)38-22-13-24-40(29-38)50-51-47(36-19-8-3-9-20-36)49-48(52-50)46-44-25-11-10-18-35(44)26-27-45(46)53-49/h1-32H. The van der Waals surface area contributed by atoms with E-state index in [1.165, 1.54) is 54.2 Å². The number of hydrogen-bond acceptors (Lipinski definition) is 3. The molecule has 0 saturated carbocycles. The molecule has 248 valence electrons. The summed E-state index contributed by atoms with van der Waals surface area (Å²) in [6, 6.07) is 69.2. The summed E-state index contributed by atoms with van der Waals surface area (Å²) in [4.78, 5) is 10.6. The minimum atomic E-state index is 0.727. The highest BCUT2D eigenvalue weighted by Gasteiger charge is 2.18. The third-order valence-electron chi connectivity index (χ3n) is 10.0. The zero-order valence-corrected chi connectivity index (χ0v) is 29.6. The van der Waals surface area contributed by atoms with E-state index < -0.39 is 0 Å². The van der Waals surface area contributed by atoms with Crippen LogP contribution in [-0.2, 0) is 0 Å². The summed E-state index contributed by atoms with van der Waals surface area (Å²) >= 11 is 1.78. The molecule has 2 heterocycles. The van der Waals surface area contributed by atoms with Gasteiger partial charge in [0.2, 0.25) is 0 Å². The molecule has 10 rings (SSSR count). The van der Waals surface area contributed by atoms with Gasteiger partial charge < -0.3 is 0 Å². The Balaban J connectivity index is 1.11. The molecule has 0 unspecified atom stereocenters. The minimum absolute atomic E-state index is 0.727. The predicted molar refractivity (Wildman–Crippen MR) is 225 cm³/mol. The normalized spacial score (nSPS) is 11.4. The van der Waals surface area contributed by atoms with Crippen LogP contribution in [0.1, 0.15) is 0 Å². The molecule has 0 atom stereocenters. The average Bonchev–Trinajstić information content (AvgIpc) is 3.63. The Morgan fingerprint density at radius 1 is 0.340 bits per heavy atom. The first kappa shape index (κ1) is 31.1. The summed E-state index contributed by atoms with van der Waals surface area (Å²) in [6.07, 6.45) is 0. The Morgan fingerprint density at radius 2 is 0.811 bits per heavy atom. The van der Waals surface area contributed by atoms with Crippen LogP contribution < -0.4 is 0 Å². The molecule has 0 amide bonds. The van der Waals surface area contributed by atoms with Crippen LogP contribution in [0.4, 0.5) is 0 Å². The van der Waals surface area contributed by atoms with E-state index in [1.54, 1.807) is 11.3 Å². The molecule has 0 N–H and O–H groups in total. The number of benzene rings is 8. The molecule has 0 bridgehead atoms. The average molecular weight is 693 g/mol. The number of fused-ring (bicyclic) bond motifs is 5. The fraction of sp³-hybridized carbons (Fsp3) is 0. The number of aromatic nitrogens is 2. The van der Waals surface area contributed by atoms with Crippen molar-refractivity contribution in [1.29, 1.82) is 0 Å². The fourth-order valence-electron chi connectivity index (χ4n) is 7.43. The van der Waals surface area contributed by atoms with E-state index in [-0.39, 0.29) is 0 Å². The van der Waals surface area contributed by atoms with Gasteiger partial charge in [0, 0.05) is 21.2 Å². The molecule has 0 saturated heterocycles. The van der Waals surface area contributed by atoms with E-state index in [4.69, 9.17) is 9.97 Å². The van der Waals surface area contributed by atoms with Crippen molar-refractivity contribution in [2.24, 2.45) is 0 Å². The highest BCUT2D eigenvalue weighted by atomic mass is 32.1. The third-order valence-corrected chi connectivity index (χ3v) is 11.2. The summed E-state index contributed by atoms with van der Waals surface area (Å²) in [7, 11) is 0. The van der Waals surface area contributed by atoms with Gasteiger partial charge in [-0.2, -0.15) is 0 Å². The smallest absolute Gasteiger partial charge is 0.160 e. The number of hydrogen-bond donors (Lipinski definition) is 0. The second kappa shape index (κ2) is 13.1. The highest BCUT2D eigenvalue weighted by molar-refractivity contribution is 7.26. The molecule has 0 fully saturated rings. The van der Waals surface area contributed by atoms with Crippen LogP contribution in [0.2, 0.25) is 0 Å². The van der Waals surface area contributed by atoms with Gasteiger partial charge in [-0.25, -0.2) is 9.97 Å². The van der Waals surface area contributed by atoms with Crippen molar-refractivity contribution in [1.82, 2.24) is 9.97 Å². The van der Waals surface area contributed by atoms with E-state index in [0.29, 0.717) is 0 Å². The lowest BCUT2D eigenvalue weighted by atomic mass is 9.92. The molecule has 2 nitrogen and oxygen atoms in total. The van der Waals surface area contributed by atoms with Gasteiger partial charge in [-0.3, -0.25) is 0 Å². The van der Waals surface area contributed by atoms with E-state index in [2.05, 4.69) is 194 Å². The molecule has 10 aromatic rings. The summed E-state index contributed by atoms with van der Waals surface area (Å²) in [5.74, 6) is 0.727. The Hall–Kier alpha value is -6.68. The first-order valence-corrected chi connectivity index (χ1v) is 18.7. The van der Waals surface area contributed by atoms with Crippen molar-refractivity contribution in [3.05, 3.63) is 194 Å². The van der Waals surface area contributed by atoms with Crippen molar-refractivity contribution in [3.63, 3.8) is 0 Å². The van der Waals surface area contributed by atoms with Crippen LogP contribution in [0.3, 0.4) is 0 Å². The summed E-state index contributed by atoms with van der Waals surface area (Å²) in [5, 5.41) is 3.63. The summed E-state index contributed by atoms with van der Waals surface area (Å²) < 4.78 is 2.34. The maximum absolute atomic E-state index is 5.35. The van der Waals surface area contributed by atoms with Crippen LogP contribution >= 0.6 is 11.3 Å². The second-order valence-electron chi connectivity index (χ2n) is 13.4. The molecule has 2 aromatic heterocycles. The Kier molecular flexibility index (Phi) is 7.71. The Labute approximate surface area is 312 Å². The first-order valence-electron chi connectivity index (χ1n) is 17.9. The van der Waals surface area contributed by atoms with Crippen LogP contribution in [0.15, 0.2) is 194 Å². The van der Waals surface area contributed by atoms with Crippen LogP contribution in [0, 0.1) is 0 Å². The molecular formula is C50H32N2S. The molecule has 0 spiro atoms. The molecule has 0 aliphatic rings. The molecule has 3 heteroatoms. The summed E-state index contributed by atoms with van der Waals surface area (Å²) in [6.45, 7) is 0. The Bertz CT molecular complexity index is 2870.